The van der Waals surface area contributed by atoms with Crippen LogP contribution in [-0.4, -0.2) is 47.5 Å². The van der Waals surface area contributed by atoms with E-state index in [2.05, 4.69) is 0 Å². The van der Waals surface area contributed by atoms with Crippen molar-refractivity contribution in [1.82, 2.24) is 4.90 Å². The molecule has 0 saturated carbocycles. The van der Waals surface area contributed by atoms with Gasteiger partial charge in [-0.3, -0.25) is 14.5 Å². The van der Waals surface area contributed by atoms with E-state index < -0.39 is 23.8 Å². The molecule has 0 radical (unpaired) electrons. The fourth-order valence-corrected chi connectivity index (χ4v) is 1.53. The van der Waals surface area contributed by atoms with Crippen LogP contribution < -0.4 is 0 Å². The molecule has 0 spiro atoms. The summed E-state index contributed by atoms with van der Waals surface area (Å²) in [6.45, 7) is 0.202. The number of imide groups is 1. The Labute approximate surface area is 86.8 Å². The number of amides is 2. The Kier molecular flexibility index (Phi) is 3.79. The van der Waals surface area contributed by atoms with Crippen LogP contribution in [0.2, 0.25) is 0 Å². The van der Waals surface area contributed by atoms with Crippen LogP contribution in [0.3, 0.4) is 0 Å². The number of carbonyl (C=O) groups excluding carboxylic acids is 2. The Morgan fingerprint density at radius 3 is 2.40 bits per heavy atom. The maximum atomic E-state index is 11.3. The molecule has 1 N–H and O–H groups in total. The minimum atomic E-state index is -1.17. The molecule has 1 atom stereocenters. The first kappa shape index (κ1) is 11.6. The number of hydrogen-bond acceptors (Lipinski definition) is 4. The fourth-order valence-electron chi connectivity index (χ4n) is 1.53. The number of carbonyl (C=O) groups is 3. The maximum absolute atomic E-state index is 11.3. The van der Waals surface area contributed by atoms with Crippen LogP contribution in [0, 0.1) is 0 Å². The van der Waals surface area contributed by atoms with E-state index >= 15 is 0 Å². The molecule has 0 aliphatic carbocycles. The van der Waals surface area contributed by atoms with Gasteiger partial charge in [0.1, 0.15) is 6.04 Å². The van der Waals surface area contributed by atoms with E-state index in [0.29, 0.717) is 0 Å². The molecule has 15 heavy (non-hydrogen) atoms. The number of carboxylic acid groups (broad SMARTS) is 1. The predicted octanol–water partition coefficient (Wildman–Crippen LogP) is -0.375. The third kappa shape index (κ3) is 2.53. The zero-order valence-electron chi connectivity index (χ0n) is 8.43. The molecule has 84 valence electrons. The Balaban J connectivity index is 2.74. The molecule has 1 saturated heterocycles. The van der Waals surface area contributed by atoms with Crippen molar-refractivity contribution in [3.63, 3.8) is 0 Å². The number of nitrogens with zero attached hydrogens (tertiary/aromatic N) is 1. The first-order valence-electron chi connectivity index (χ1n) is 4.64. The summed E-state index contributed by atoms with van der Waals surface area (Å²) < 4.78 is 4.74. The first-order valence-corrected chi connectivity index (χ1v) is 4.64. The molecule has 1 fully saturated rings. The highest BCUT2D eigenvalue weighted by Gasteiger charge is 2.38. The van der Waals surface area contributed by atoms with E-state index in [1.54, 1.807) is 0 Å². The van der Waals surface area contributed by atoms with Gasteiger partial charge in [0.05, 0.1) is 0 Å². The third-order valence-electron chi connectivity index (χ3n) is 2.28. The third-order valence-corrected chi connectivity index (χ3v) is 2.28. The van der Waals surface area contributed by atoms with Gasteiger partial charge in [-0.1, -0.05) is 0 Å². The van der Waals surface area contributed by atoms with Gasteiger partial charge < -0.3 is 9.84 Å². The van der Waals surface area contributed by atoms with Crippen LogP contribution >= 0.6 is 0 Å². The molecule has 0 aromatic heterocycles. The van der Waals surface area contributed by atoms with Crippen LogP contribution in [0.1, 0.15) is 19.3 Å². The number of aliphatic carboxylic acids is 1. The van der Waals surface area contributed by atoms with Gasteiger partial charge in [0.15, 0.2) is 0 Å². The molecule has 1 aliphatic heterocycles. The van der Waals surface area contributed by atoms with E-state index in [9.17, 15) is 14.4 Å². The summed E-state index contributed by atoms with van der Waals surface area (Å²) >= 11 is 0. The Morgan fingerprint density at radius 2 is 2.00 bits per heavy atom. The standard InChI is InChI=1S/C9H13NO5/c1-15-5-4-6(9(13)14)10-7(11)2-3-8(10)12/h6H,2-5H2,1H3,(H,13,14). The van der Waals surface area contributed by atoms with E-state index in [1.807, 2.05) is 0 Å². The average Bonchev–Trinajstić information content (AvgIpc) is 2.49. The van der Waals surface area contributed by atoms with Crippen LogP contribution in [-0.2, 0) is 19.1 Å². The molecule has 0 bridgehead atoms. The van der Waals surface area contributed by atoms with Crippen molar-refractivity contribution in [3.05, 3.63) is 0 Å². The minimum Gasteiger partial charge on any atom is -0.480 e. The number of ether oxygens (including phenoxy) is 1. The Bertz CT molecular complexity index is 272. The van der Waals surface area contributed by atoms with Crippen molar-refractivity contribution < 1.29 is 24.2 Å². The van der Waals surface area contributed by atoms with Crippen LogP contribution in [0.4, 0.5) is 0 Å². The second-order valence-corrected chi connectivity index (χ2v) is 3.29. The van der Waals surface area contributed by atoms with Gasteiger partial charge in [-0.15, -0.1) is 0 Å². The van der Waals surface area contributed by atoms with Gasteiger partial charge in [0.2, 0.25) is 11.8 Å². The van der Waals surface area contributed by atoms with Crippen LogP contribution in [0.5, 0.6) is 0 Å². The van der Waals surface area contributed by atoms with Crippen molar-refractivity contribution in [1.29, 1.82) is 0 Å². The summed E-state index contributed by atoms with van der Waals surface area (Å²) in [7, 11) is 1.44. The van der Waals surface area contributed by atoms with E-state index in [1.165, 1.54) is 7.11 Å². The second-order valence-electron chi connectivity index (χ2n) is 3.29. The zero-order valence-corrected chi connectivity index (χ0v) is 8.43. The van der Waals surface area contributed by atoms with Gasteiger partial charge in [-0.2, -0.15) is 0 Å². The summed E-state index contributed by atoms with van der Waals surface area (Å²) in [4.78, 5) is 34.3. The molecule has 0 aromatic rings. The molecule has 6 nitrogen and oxygen atoms in total. The molecular weight excluding hydrogens is 202 g/mol. The van der Waals surface area contributed by atoms with Crippen molar-refractivity contribution in [2.45, 2.75) is 25.3 Å². The molecule has 2 amide bonds. The van der Waals surface area contributed by atoms with Crippen LogP contribution in [0.25, 0.3) is 0 Å². The highest BCUT2D eigenvalue weighted by atomic mass is 16.5. The maximum Gasteiger partial charge on any atom is 0.327 e. The zero-order chi connectivity index (χ0) is 11.4. The number of methoxy groups -OCH3 is 1. The molecular formula is C9H13NO5. The smallest absolute Gasteiger partial charge is 0.327 e. The summed E-state index contributed by atoms with van der Waals surface area (Å²) in [6, 6.07) is -1.09. The van der Waals surface area contributed by atoms with Crippen molar-refractivity contribution in [3.8, 4) is 0 Å². The lowest BCUT2D eigenvalue weighted by Crippen LogP contribution is -2.45. The topological polar surface area (TPSA) is 83.9 Å². The lowest BCUT2D eigenvalue weighted by Gasteiger charge is -2.21. The van der Waals surface area contributed by atoms with Gasteiger partial charge in [0, 0.05) is 33.0 Å². The predicted molar refractivity (Wildman–Crippen MR) is 49.0 cm³/mol. The number of carboxylic acids is 1. The molecule has 6 heteroatoms. The summed E-state index contributed by atoms with van der Waals surface area (Å²) in [5.74, 6) is -2.00. The van der Waals surface area contributed by atoms with E-state index in [0.717, 1.165) is 4.90 Å². The van der Waals surface area contributed by atoms with Crippen molar-refractivity contribution in [2.24, 2.45) is 0 Å². The lowest BCUT2D eigenvalue weighted by atomic mass is 10.2. The molecule has 1 unspecified atom stereocenters. The largest absolute Gasteiger partial charge is 0.480 e. The highest BCUT2D eigenvalue weighted by Crippen LogP contribution is 2.17. The summed E-state index contributed by atoms with van der Waals surface area (Å²) in [6.07, 6.45) is 0.342. The monoisotopic (exact) mass is 215 g/mol. The van der Waals surface area contributed by atoms with Gasteiger partial charge >= 0.3 is 5.97 Å². The number of hydrogen-bond donors (Lipinski definition) is 1. The fraction of sp³-hybridized carbons (Fsp3) is 0.667. The number of rotatable bonds is 5. The van der Waals surface area contributed by atoms with Crippen molar-refractivity contribution in [2.75, 3.05) is 13.7 Å². The van der Waals surface area contributed by atoms with E-state index in [4.69, 9.17) is 9.84 Å². The summed E-state index contributed by atoms with van der Waals surface area (Å²) in [5.41, 5.74) is 0. The quantitative estimate of drug-likeness (QED) is 0.632. The SMILES string of the molecule is COCCC(C(=O)O)N1C(=O)CCC1=O. The number of likely N-dealkylation sites (tertiary alicyclic amines) is 1. The highest BCUT2D eigenvalue weighted by molar-refractivity contribution is 6.04. The van der Waals surface area contributed by atoms with Gasteiger partial charge in [-0.05, 0) is 0 Å². The minimum absolute atomic E-state index is 0.107. The van der Waals surface area contributed by atoms with Gasteiger partial charge in [-0.25, -0.2) is 4.79 Å². The van der Waals surface area contributed by atoms with Gasteiger partial charge in [0.25, 0.3) is 0 Å². The molecule has 1 rings (SSSR count). The Morgan fingerprint density at radius 1 is 1.47 bits per heavy atom. The van der Waals surface area contributed by atoms with Crippen LogP contribution in [0.15, 0.2) is 0 Å². The molecule has 1 aliphatic rings. The molecule has 1 heterocycles. The average molecular weight is 215 g/mol. The Hall–Kier alpha value is -1.43. The van der Waals surface area contributed by atoms with Crippen molar-refractivity contribution >= 4 is 17.8 Å². The summed E-state index contributed by atoms with van der Waals surface area (Å²) in [5, 5.41) is 8.89. The molecule has 0 aromatic carbocycles. The normalized spacial score (nSPS) is 18.3. The first-order chi connectivity index (χ1) is 7.07. The lowest BCUT2D eigenvalue weighted by molar-refractivity contribution is -0.154. The van der Waals surface area contributed by atoms with E-state index in [-0.39, 0.29) is 25.9 Å². The second kappa shape index (κ2) is 4.88.